The minimum atomic E-state index is -4.03. The molecule has 5 heteroatoms. The molecule has 0 atom stereocenters. The van der Waals surface area contributed by atoms with Crippen molar-refractivity contribution < 1.29 is 13.1 Å². The predicted molar refractivity (Wildman–Crippen MR) is 126 cm³/mol. The molecule has 0 saturated heterocycles. The van der Waals surface area contributed by atoms with E-state index in [1.54, 1.807) is 72.8 Å². The molecule has 32 heavy (non-hydrogen) atoms. The first-order valence-corrected chi connectivity index (χ1v) is 11.7. The monoisotopic (exact) mass is 437 g/mol. The van der Waals surface area contributed by atoms with Crippen LogP contribution in [0, 0.1) is 5.21 Å². The van der Waals surface area contributed by atoms with Gasteiger partial charge in [0.1, 0.15) is 0 Å². The van der Waals surface area contributed by atoms with Crippen molar-refractivity contribution >= 4 is 20.7 Å². The SMILES string of the molecule is O=S(=O)(c1ccccc1)c1c(-c2ccccc2)c2ccccc2[n+]([O-])c1-c1ccccc1. The van der Waals surface area contributed by atoms with Crippen molar-refractivity contribution in [1.82, 2.24) is 0 Å². The zero-order valence-electron chi connectivity index (χ0n) is 17.0. The zero-order chi connectivity index (χ0) is 22.1. The number of hydrogen-bond donors (Lipinski definition) is 0. The smallest absolute Gasteiger partial charge is 0.244 e. The fourth-order valence-electron chi connectivity index (χ4n) is 4.03. The molecule has 0 radical (unpaired) electrons. The van der Waals surface area contributed by atoms with Crippen molar-refractivity contribution in [2.24, 2.45) is 0 Å². The average Bonchev–Trinajstić information content (AvgIpc) is 2.85. The van der Waals surface area contributed by atoms with Crippen LogP contribution in [0.4, 0.5) is 0 Å². The van der Waals surface area contributed by atoms with Crippen LogP contribution in [0.2, 0.25) is 0 Å². The minimum Gasteiger partial charge on any atom is -0.618 e. The van der Waals surface area contributed by atoms with Gasteiger partial charge in [-0.1, -0.05) is 78.9 Å². The molecule has 4 nitrogen and oxygen atoms in total. The first kappa shape index (κ1) is 20.0. The quantitative estimate of drug-likeness (QED) is 0.270. The van der Waals surface area contributed by atoms with E-state index in [0.717, 1.165) is 10.3 Å². The van der Waals surface area contributed by atoms with Crippen molar-refractivity contribution in [2.75, 3.05) is 0 Å². The molecule has 0 aliphatic heterocycles. The minimum absolute atomic E-state index is 0.00907. The standard InChI is InChI=1S/C27H19NO3S/c29-28-24-19-11-10-18-23(24)25(20-12-4-1-5-13-20)27(26(28)21-14-6-2-7-15-21)32(30,31)22-16-8-3-9-17-22/h1-19H. The summed E-state index contributed by atoms with van der Waals surface area (Å²) in [6, 6.07) is 33.7. The van der Waals surface area contributed by atoms with Gasteiger partial charge in [-0.25, -0.2) is 8.42 Å². The summed E-state index contributed by atoms with van der Waals surface area (Å²) in [7, 11) is -4.03. The number of fused-ring (bicyclic) bond motifs is 1. The Morgan fingerprint density at radius 3 is 1.72 bits per heavy atom. The number of rotatable bonds is 4. The highest BCUT2D eigenvalue weighted by Crippen LogP contribution is 2.41. The van der Waals surface area contributed by atoms with E-state index in [1.165, 1.54) is 0 Å². The van der Waals surface area contributed by atoms with E-state index in [4.69, 9.17) is 0 Å². The van der Waals surface area contributed by atoms with E-state index in [0.29, 0.717) is 22.0 Å². The Morgan fingerprint density at radius 1 is 0.594 bits per heavy atom. The molecule has 156 valence electrons. The van der Waals surface area contributed by atoms with E-state index in [1.807, 2.05) is 42.5 Å². The first-order valence-electron chi connectivity index (χ1n) is 10.2. The van der Waals surface area contributed by atoms with Gasteiger partial charge in [-0.3, -0.25) is 0 Å². The van der Waals surface area contributed by atoms with Gasteiger partial charge in [0.2, 0.25) is 21.0 Å². The first-order chi connectivity index (χ1) is 15.6. The number of hydrogen-bond acceptors (Lipinski definition) is 3. The van der Waals surface area contributed by atoms with Crippen LogP contribution in [0.25, 0.3) is 33.3 Å². The van der Waals surface area contributed by atoms with Gasteiger partial charge < -0.3 is 5.21 Å². The van der Waals surface area contributed by atoms with E-state index in [-0.39, 0.29) is 15.5 Å². The molecule has 0 spiro atoms. The molecule has 0 fully saturated rings. The maximum atomic E-state index is 14.1. The number of sulfone groups is 1. The van der Waals surface area contributed by atoms with Gasteiger partial charge in [0.25, 0.3) is 0 Å². The van der Waals surface area contributed by atoms with E-state index >= 15 is 0 Å². The highest BCUT2D eigenvalue weighted by molar-refractivity contribution is 7.91. The summed E-state index contributed by atoms with van der Waals surface area (Å²) in [6.07, 6.45) is 0. The maximum absolute atomic E-state index is 14.1. The molecule has 0 amide bonds. The summed E-state index contributed by atoms with van der Waals surface area (Å²) in [6.45, 7) is 0. The largest absolute Gasteiger partial charge is 0.618 e. The number of benzene rings is 4. The van der Waals surface area contributed by atoms with Crippen molar-refractivity contribution in [2.45, 2.75) is 9.79 Å². The molecule has 0 aliphatic carbocycles. The van der Waals surface area contributed by atoms with Gasteiger partial charge in [-0.05, 0) is 35.9 Å². The summed E-state index contributed by atoms with van der Waals surface area (Å²) >= 11 is 0. The Kier molecular flexibility index (Phi) is 4.96. The second-order valence-electron chi connectivity index (χ2n) is 7.41. The normalized spacial score (nSPS) is 11.5. The molecule has 0 bridgehead atoms. The summed E-state index contributed by atoms with van der Waals surface area (Å²) in [5.74, 6) is 0. The van der Waals surface area contributed by atoms with Crippen LogP contribution in [-0.2, 0) is 9.84 Å². The third-order valence-corrected chi connectivity index (χ3v) is 7.30. The van der Waals surface area contributed by atoms with Gasteiger partial charge in [0, 0.05) is 17.2 Å². The van der Waals surface area contributed by atoms with Gasteiger partial charge in [0.05, 0.1) is 10.3 Å². The number of pyridine rings is 1. The van der Waals surface area contributed by atoms with Crippen LogP contribution in [0.1, 0.15) is 0 Å². The van der Waals surface area contributed by atoms with Crippen LogP contribution in [0.15, 0.2) is 125 Å². The Morgan fingerprint density at radius 2 is 1.09 bits per heavy atom. The summed E-state index contributed by atoms with van der Waals surface area (Å²) in [5, 5.41) is 14.2. The number of para-hydroxylation sites is 1. The van der Waals surface area contributed by atoms with E-state index < -0.39 is 9.84 Å². The summed E-state index contributed by atoms with van der Waals surface area (Å²) in [4.78, 5) is 0.152. The second-order valence-corrected chi connectivity index (χ2v) is 9.30. The molecule has 1 aromatic heterocycles. The molecule has 0 aliphatic rings. The predicted octanol–water partition coefficient (Wildman–Crippen LogP) is 5.64. The lowest BCUT2D eigenvalue weighted by atomic mass is 9.98. The number of nitrogens with zero attached hydrogens (tertiary/aromatic N) is 1. The molecule has 1 heterocycles. The van der Waals surface area contributed by atoms with Gasteiger partial charge in [0.15, 0.2) is 4.90 Å². The lowest BCUT2D eigenvalue weighted by Crippen LogP contribution is -2.33. The fourth-order valence-corrected chi connectivity index (χ4v) is 5.73. The average molecular weight is 438 g/mol. The molecule has 5 rings (SSSR count). The Balaban J connectivity index is 2.04. The molecule has 4 aromatic carbocycles. The van der Waals surface area contributed by atoms with Crippen molar-refractivity contribution in [3.63, 3.8) is 0 Å². The maximum Gasteiger partial charge on any atom is 0.244 e. The van der Waals surface area contributed by atoms with E-state index in [2.05, 4.69) is 0 Å². The molecular formula is C27H19NO3S. The van der Waals surface area contributed by atoms with Crippen molar-refractivity contribution in [1.29, 1.82) is 0 Å². The Hall–Kier alpha value is -3.96. The highest BCUT2D eigenvalue weighted by atomic mass is 32.2. The van der Waals surface area contributed by atoms with Crippen molar-refractivity contribution in [3.05, 3.63) is 120 Å². The molecule has 5 aromatic rings. The van der Waals surface area contributed by atoms with Crippen LogP contribution in [0.5, 0.6) is 0 Å². The van der Waals surface area contributed by atoms with Gasteiger partial charge >= 0.3 is 0 Å². The molecule has 0 N–H and O–H groups in total. The zero-order valence-corrected chi connectivity index (χ0v) is 17.9. The van der Waals surface area contributed by atoms with Crippen LogP contribution >= 0.6 is 0 Å². The lowest BCUT2D eigenvalue weighted by molar-refractivity contribution is -0.566. The summed E-state index contributed by atoms with van der Waals surface area (Å²) in [5.41, 5.74) is 2.33. The topological polar surface area (TPSA) is 61.1 Å². The number of aromatic nitrogens is 1. The van der Waals surface area contributed by atoms with Crippen LogP contribution in [-0.4, -0.2) is 8.42 Å². The molecule has 0 saturated carbocycles. The van der Waals surface area contributed by atoms with Crippen molar-refractivity contribution in [3.8, 4) is 22.4 Å². The summed E-state index contributed by atoms with van der Waals surface area (Å²) < 4.78 is 28.9. The lowest BCUT2D eigenvalue weighted by Gasteiger charge is -2.18. The molecular weight excluding hydrogens is 418 g/mol. The van der Waals surface area contributed by atoms with Gasteiger partial charge in [-0.2, -0.15) is 4.73 Å². The third-order valence-electron chi connectivity index (χ3n) is 5.47. The second kappa shape index (κ2) is 7.94. The van der Waals surface area contributed by atoms with E-state index in [9.17, 15) is 13.6 Å². The Labute approximate surface area is 186 Å². The molecule has 0 unspecified atom stereocenters. The Bertz CT molecular complexity index is 1520. The van der Waals surface area contributed by atoms with Crippen LogP contribution in [0.3, 0.4) is 0 Å². The van der Waals surface area contributed by atoms with Gasteiger partial charge in [-0.15, -0.1) is 0 Å². The van der Waals surface area contributed by atoms with Crippen LogP contribution < -0.4 is 4.73 Å². The highest BCUT2D eigenvalue weighted by Gasteiger charge is 2.34. The fraction of sp³-hybridized carbons (Fsp3) is 0. The third kappa shape index (κ3) is 3.24.